The molecule has 0 saturated heterocycles. The molecule has 0 spiro atoms. The van der Waals surface area contributed by atoms with Crippen molar-refractivity contribution in [3.05, 3.63) is 82.2 Å². The van der Waals surface area contributed by atoms with Gasteiger partial charge in [0.05, 0.1) is 17.7 Å². The Bertz CT molecular complexity index is 960. The molecule has 1 heterocycles. The van der Waals surface area contributed by atoms with Crippen LogP contribution in [0.15, 0.2) is 53.1 Å². The Hall–Kier alpha value is -3.08. The number of aryl methyl sites for hydroxylation is 2. The fourth-order valence-electron chi connectivity index (χ4n) is 3.05. The maximum absolute atomic E-state index is 12.2. The summed E-state index contributed by atoms with van der Waals surface area (Å²) in [4.78, 5) is 12.2. The Morgan fingerprint density at radius 1 is 0.933 bits per heavy atom. The summed E-state index contributed by atoms with van der Waals surface area (Å²) >= 11 is 0. The standard InChI is InChI=1S/C25H29NO4/c1-17-23(18(2)30-26-17)16-28-22-12-8-19(9-13-22)14-24(27)29-15-20-6-10-21(11-7-20)25(3,4)5/h6-13H,14-16H2,1-5H3. The molecule has 0 aliphatic heterocycles. The molecular formula is C25H29NO4. The normalized spacial score (nSPS) is 11.4. The summed E-state index contributed by atoms with van der Waals surface area (Å²) < 4.78 is 16.4. The summed E-state index contributed by atoms with van der Waals surface area (Å²) in [5, 5.41) is 3.92. The topological polar surface area (TPSA) is 61.6 Å². The number of esters is 1. The van der Waals surface area contributed by atoms with Gasteiger partial charge in [0.25, 0.3) is 0 Å². The van der Waals surface area contributed by atoms with Gasteiger partial charge in [0, 0.05) is 0 Å². The summed E-state index contributed by atoms with van der Waals surface area (Å²) in [7, 11) is 0. The Morgan fingerprint density at radius 2 is 1.57 bits per heavy atom. The third kappa shape index (κ3) is 5.72. The minimum absolute atomic E-state index is 0.109. The van der Waals surface area contributed by atoms with E-state index in [4.69, 9.17) is 14.0 Å². The van der Waals surface area contributed by atoms with Gasteiger partial charge in [0.15, 0.2) is 0 Å². The Morgan fingerprint density at radius 3 is 2.13 bits per heavy atom. The molecule has 2 aromatic carbocycles. The first-order valence-electron chi connectivity index (χ1n) is 10.1. The lowest BCUT2D eigenvalue weighted by atomic mass is 9.87. The van der Waals surface area contributed by atoms with Crippen molar-refractivity contribution < 1.29 is 18.8 Å². The van der Waals surface area contributed by atoms with Gasteiger partial charge in [-0.3, -0.25) is 4.79 Å². The molecule has 0 saturated carbocycles. The van der Waals surface area contributed by atoms with Crippen LogP contribution in [0.3, 0.4) is 0 Å². The van der Waals surface area contributed by atoms with Crippen LogP contribution >= 0.6 is 0 Å². The van der Waals surface area contributed by atoms with E-state index in [-0.39, 0.29) is 24.4 Å². The molecule has 30 heavy (non-hydrogen) atoms. The molecule has 0 aliphatic carbocycles. The minimum atomic E-state index is -0.251. The van der Waals surface area contributed by atoms with E-state index in [0.717, 1.165) is 33.9 Å². The van der Waals surface area contributed by atoms with Gasteiger partial charge in [-0.1, -0.05) is 62.3 Å². The third-order valence-electron chi connectivity index (χ3n) is 5.06. The first-order valence-corrected chi connectivity index (χ1v) is 10.1. The lowest BCUT2D eigenvalue weighted by Crippen LogP contribution is -2.11. The van der Waals surface area contributed by atoms with Crippen LogP contribution in [0.5, 0.6) is 5.75 Å². The van der Waals surface area contributed by atoms with E-state index >= 15 is 0 Å². The fraction of sp³-hybridized carbons (Fsp3) is 0.360. The van der Waals surface area contributed by atoms with Gasteiger partial charge < -0.3 is 14.0 Å². The largest absolute Gasteiger partial charge is 0.489 e. The molecule has 158 valence electrons. The SMILES string of the molecule is Cc1noc(C)c1COc1ccc(CC(=O)OCc2ccc(C(C)(C)C)cc2)cc1. The summed E-state index contributed by atoms with van der Waals surface area (Å²) in [5.41, 5.74) is 5.03. The number of hydrogen-bond donors (Lipinski definition) is 0. The summed E-state index contributed by atoms with van der Waals surface area (Å²) in [6.07, 6.45) is 0.226. The quantitative estimate of drug-likeness (QED) is 0.487. The summed E-state index contributed by atoms with van der Waals surface area (Å²) in [5.74, 6) is 1.24. The molecule has 0 unspecified atom stereocenters. The van der Waals surface area contributed by atoms with Crippen LogP contribution in [0.1, 0.15) is 54.5 Å². The monoisotopic (exact) mass is 407 g/mol. The second-order valence-corrected chi connectivity index (χ2v) is 8.52. The van der Waals surface area contributed by atoms with Crippen molar-refractivity contribution in [3.8, 4) is 5.75 Å². The average molecular weight is 408 g/mol. The fourth-order valence-corrected chi connectivity index (χ4v) is 3.05. The molecule has 1 aromatic heterocycles. The second-order valence-electron chi connectivity index (χ2n) is 8.52. The first kappa shape index (κ1) is 21.6. The van der Waals surface area contributed by atoms with Crippen molar-refractivity contribution in [2.45, 2.75) is 59.7 Å². The van der Waals surface area contributed by atoms with Gasteiger partial charge in [-0.25, -0.2) is 0 Å². The highest BCUT2D eigenvalue weighted by Crippen LogP contribution is 2.22. The van der Waals surface area contributed by atoms with Crippen molar-refractivity contribution in [2.75, 3.05) is 0 Å². The lowest BCUT2D eigenvalue weighted by molar-refractivity contribution is -0.144. The summed E-state index contributed by atoms with van der Waals surface area (Å²) in [6, 6.07) is 15.7. The number of carbonyl (C=O) groups excluding carboxylic acids is 1. The molecule has 0 radical (unpaired) electrons. The predicted octanol–water partition coefficient (Wildman–Crippen LogP) is 5.45. The smallest absolute Gasteiger partial charge is 0.310 e. The molecule has 0 N–H and O–H groups in total. The lowest BCUT2D eigenvalue weighted by Gasteiger charge is -2.19. The molecule has 0 bridgehead atoms. The number of carbonyl (C=O) groups is 1. The van der Waals surface area contributed by atoms with Gasteiger partial charge in [-0.05, 0) is 48.1 Å². The van der Waals surface area contributed by atoms with Gasteiger partial charge in [0.2, 0.25) is 0 Å². The Labute approximate surface area is 178 Å². The van der Waals surface area contributed by atoms with Crippen LogP contribution in [0, 0.1) is 13.8 Å². The molecule has 0 aliphatic rings. The van der Waals surface area contributed by atoms with Crippen LogP contribution in [0.2, 0.25) is 0 Å². The zero-order valence-corrected chi connectivity index (χ0v) is 18.3. The van der Waals surface area contributed by atoms with Crippen LogP contribution in [-0.2, 0) is 34.6 Å². The van der Waals surface area contributed by atoms with E-state index in [9.17, 15) is 4.79 Å². The van der Waals surface area contributed by atoms with Gasteiger partial charge >= 0.3 is 5.97 Å². The molecule has 3 rings (SSSR count). The number of rotatable bonds is 7. The first-order chi connectivity index (χ1) is 14.2. The molecule has 0 amide bonds. The van der Waals surface area contributed by atoms with Gasteiger partial charge in [0.1, 0.15) is 24.7 Å². The van der Waals surface area contributed by atoms with Gasteiger partial charge in [-0.2, -0.15) is 0 Å². The Balaban J connectivity index is 1.47. The highest BCUT2D eigenvalue weighted by atomic mass is 16.5. The molecule has 0 atom stereocenters. The minimum Gasteiger partial charge on any atom is -0.489 e. The molecule has 3 aromatic rings. The zero-order chi connectivity index (χ0) is 21.7. The zero-order valence-electron chi connectivity index (χ0n) is 18.3. The van der Waals surface area contributed by atoms with Crippen LogP contribution in [0.4, 0.5) is 0 Å². The predicted molar refractivity (Wildman–Crippen MR) is 115 cm³/mol. The number of nitrogens with zero attached hydrogens (tertiary/aromatic N) is 1. The van der Waals surface area contributed by atoms with E-state index in [1.54, 1.807) is 0 Å². The molecule has 0 fully saturated rings. The maximum atomic E-state index is 12.2. The van der Waals surface area contributed by atoms with Crippen LogP contribution in [0.25, 0.3) is 0 Å². The number of aromatic nitrogens is 1. The van der Waals surface area contributed by atoms with Crippen molar-refractivity contribution >= 4 is 5.97 Å². The number of hydrogen-bond acceptors (Lipinski definition) is 5. The number of ether oxygens (including phenoxy) is 2. The molecular weight excluding hydrogens is 378 g/mol. The molecule has 5 nitrogen and oxygen atoms in total. The van der Waals surface area contributed by atoms with Crippen molar-refractivity contribution in [1.82, 2.24) is 5.16 Å². The van der Waals surface area contributed by atoms with E-state index in [1.165, 1.54) is 5.56 Å². The maximum Gasteiger partial charge on any atom is 0.310 e. The average Bonchev–Trinajstić information content (AvgIpc) is 3.03. The molecule has 5 heteroatoms. The van der Waals surface area contributed by atoms with E-state index in [0.29, 0.717) is 6.61 Å². The number of benzene rings is 2. The van der Waals surface area contributed by atoms with E-state index in [1.807, 2.05) is 50.2 Å². The van der Waals surface area contributed by atoms with Crippen LogP contribution in [-0.4, -0.2) is 11.1 Å². The van der Waals surface area contributed by atoms with Crippen molar-refractivity contribution in [2.24, 2.45) is 0 Å². The summed E-state index contributed by atoms with van der Waals surface area (Å²) in [6.45, 7) is 11.0. The third-order valence-corrected chi connectivity index (χ3v) is 5.06. The van der Waals surface area contributed by atoms with E-state index < -0.39 is 0 Å². The highest BCUT2D eigenvalue weighted by molar-refractivity contribution is 5.72. The Kier molecular flexibility index (Phi) is 6.60. The van der Waals surface area contributed by atoms with Crippen molar-refractivity contribution in [1.29, 1.82) is 0 Å². The second kappa shape index (κ2) is 9.16. The van der Waals surface area contributed by atoms with Crippen molar-refractivity contribution in [3.63, 3.8) is 0 Å². The van der Waals surface area contributed by atoms with Crippen LogP contribution < -0.4 is 4.74 Å². The van der Waals surface area contributed by atoms with E-state index in [2.05, 4.69) is 38.1 Å². The highest BCUT2D eigenvalue weighted by Gasteiger charge is 2.13. The van der Waals surface area contributed by atoms with Gasteiger partial charge in [-0.15, -0.1) is 0 Å².